The van der Waals surface area contributed by atoms with E-state index < -0.39 is 0 Å². The standard InChI is InChI=1S/C11H12ClN9/c1-6-8(12)7(2)21(19-6)11-16-9(18-13)15-10(17-11)20-4-3-14-5-20/h3-5H,13H2,1-2H3,(H,15,16,17,18). The fraction of sp³-hybridized carbons (Fsp3) is 0.182. The minimum atomic E-state index is 0.215. The van der Waals surface area contributed by atoms with Crippen LogP contribution in [0.1, 0.15) is 11.4 Å². The molecular weight excluding hydrogens is 294 g/mol. The van der Waals surface area contributed by atoms with Crippen molar-refractivity contribution in [3.63, 3.8) is 0 Å². The maximum absolute atomic E-state index is 6.15. The van der Waals surface area contributed by atoms with Crippen LogP contribution in [0, 0.1) is 13.8 Å². The Morgan fingerprint density at radius 2 is 1.95 bits per heavy atom. The number of hydrazine groups is 1. The normalized spacial score (nSPS) is 10.9. The van der Waals surface area contributed by atoms with Crippen LogP contribution in [-0.4, -0.2) is 34.3 Å². The molecule has 3 heterocycles. The first kappa shape index (κ1) is 13.5. The van der Waals surface area contributed by atoms with Gasteiger partial charge in [0.15, 0.2) is 0 Å². The third-order valence-corrected chi connectivity index (χ3v) is 3.42. The Hall–Kier alpha value is -2.52. The molecule has 3 aromatic heterocycles. The zero-order valence-corrected chi connectivity index (χ0v) is 12.1. The third-order valence-electron chi connectivity index (χ3n) is 2.87. The van der Waals surface area contributed by atoms with Crippen molar-refractivity contribution in [2.75, 3.05) is 5.43 Å². The molecule has 10 heteroatoms. The van der Waals surface area contributed by atoms with Crippen molar-refractivity contribution in [1.82, 2.24) is 34.3 Å². The first-order valence-electron chi connectivity index (χ1n) is 6.03. The SMILES string of the molecule is Cc1nn(-c2nc(NN)nc(-n3ccnc3)n2)c(C)c1Cl. The van der Waals surface area contributed by atoms with E-state index in [0.29, 0.717) is 22.6 Å². The maximum atomic E-state index is 6.15. The first-order chi connectivity index (χ1) is 10.1. The van der Waals surface area contributed by atoms with E-state index in [2.05, 4.69) is 30.5 Å². The fourth-order valence-electron chi connectivity index (χ4n) is 1.82. The lowest BCUT2D eigenvalue weighted by molar-refractivity contribution is 0.750. The molecule has 9 nitrogen and oxygen atoms in total. The summed E-state index contributed by atoms with van der Waals surface area (Å²) in [6.45, 7) is 3.64. The molecule has 0 amide bonds. The van der Waals surface area contributed by atoms with Crippen molar-refractivity contribution >= 4 is 17.5 Å². The highest BCUT2D eigenvalue weighted by atomic mass is 35.5. The van der Waals surface area contributed by atoms with Crippen LogP contribution in [0.15, 0.2) is 18.7 Å². The van der Waals surface area contributed by atoms with E-state index in [1.54, 1.807) is 28.0 Å². The Morgan fingerprint density at radius 1 is 1.19 bits per heavy atom. The number of imidazole rings is 1. The quantitative estimate of drug-likeness (QED) is 0.543. The molecule has 0 saturated heterocycles. The van der Waals surface area contributed by atoms with Gasteiger partial charge in [-0.05, 0) is 13.8 Å². The summed E-state index contributed by atoms with van der Waals surface area (Å²) < 4.78 is 3.18. The van der Waals surface area contributed by atoms with E-state index >= 15 is 0 Å². The van der Waals surface area contributed by atoms with Gasteiger partial charge in [-0.25, -0.2) is 15.5 Å². The van der Waals surface area contributed by atoms with E-state index in [9.17, 15) is 0 Å². The van der Waals surface area contributed by atoms with Gasteiger partial charge in [0.1, 0.15) is 6.33 Å². The summed E-state index contributed by atoms with van der Waals surface area (Å²) in [5.41, 5.74) is 3.84. The van der Waals surface area contributed by atoms with Gasteiger partial charge in [-0.15, -0.1) is 0 Å². The van der Waals surface area contributed by atoms with Crippen LogP contribution in [0.3, 0.4) is 0 Å². The van der Waals surface area contributed by atoms with Crippen molar-refractivity contribution in [2.45, 2.75) is 13.8 Å². The van der Waals surface area contributed by atoms with Crippen molar-refractivity contribution < 1.29 is 0 Å². The number of nitrogens with two attached hydrogens (primary N) is 1. The van der Waals surface area contributed by atoms with Crippen molar-refractivity contribution in [1.29, 1.82) is 0 Å². The first-order valence-corrected chi connectivity index (χ1v) is 6.41. The molecular formula is C11H12ClN9. The number of nitrogen functional groups attached to an aromatic ring is 1. The van der Waals surface area contributed by atoms with Gasteiger partial charge in [-0.1, -0.05) is 11.6 Å². The molecule has 3 rings (SSSR count). The lowest BCUT2D eigenvalue weighted by atomic mass is 10.4. The minimum absolute atomic E-state index is 0.215. The second kappa shape index (κ2) is 5.11. The molecule has 0 aromatic carbocycles. The number of anilines is 1. The summed E-state index contributed by atoms with van der Waals surface area (Å²) in [4.78, 5) is 16.7. The van der Waals surface area contributed by atoms with Gasteiger partial charge < -0.3 is 0 Å². The summed E-state index contributed by atoms with van der Waals surface area (Å²) in [5.74, 6) is 6.31. The molecule has 0 unspecified atom stereocenters. The van der Waals surface area contributed by atoms with E-state index in [4.69, 9.17) is 17.4 Å². The second-order valence-corrected chi connectivity index (χ2v) is 4.65. The predicted molar refractivity (Wildman–Crippen MR) is 76.4 cm³/mol. The Labute approximate surface area is 124 Å². The zero-order valence-electron chi connectivity index (χ0n) is 11.3. The molecule has 0 spiro atoms. The Kier molecular flexibility index (Phi) is 3.28. The average Bonchev–Trinajstić information content (AvgIpc) is 3.12. The van der Waals surface area contributed by atoms with Gasteiger partial charge in [0.2, 0.25) is 11.9 Å². The van der Waals surface area contributed by atoms with Gasteiger partial charge in [-0.2, -0.15) is 20.1 Å². The Bertz CT molecular complexity index is 777. The van der Waals surface area contributed by atoms with Crippen LogP contribution in [0.4, 0.5) is 5.95 Å². The minimum Gasteiger partial charge on any atom is -0.292 e. The van der Waals surface area contributed by atoms with E-state index in [1.165, 1.54) is 0 Å². The largest absolute Gasteiger partial charge is 0.292 e. The summed E-state index contributed by atoms with van der Waals surface area (Å²) in [6.07, 6.45) is 4.92. The Balaban J connectivity index is 2.18. The molecule has 0 fully saturated rings. The lowest BCUT2D eigenvalue weighted by Crippen LogP contribution is -2.16. The smallest absolute Gasteiger partial charge is 0.257 e. The Morgan fingerprint density at radius 3 is 2.52 bits per heavy atom. The highest BCUT2D eigenvalue weighted by Crippen LogP contribution is 2.21. The van der Waals surface area contributed by atoms with Crippen LogP contribution in [0.5, 0.6) is 0 Å². The average molecular weight is 306 g/mol. The molecule has 0 aliphatic carbocycles. The highest BCUT2D eigenvalue weighted by molar-refractivity contribution is 6.31. The van der Waals surface area contributed by atoms with Gasteiger partial charge >= 0.3 is 0 Å². The van der Waals surface area contributed by atoms with Crippen LogP contribution in [0.25, 0.3) is 11.9 Å². The van der Waals surface area contributed by atoms with Crippen LogP contribution in [-0.2, 0) is 0 Å². The molecule has 0 bridgehead atoms. The highest BCUT2D eigenvalue weighted by Gasteiger charge is 2.15. The number of hydrogen-bond donors (Lipinski definition) is 2. The number of nitrogens with zero attached hydrogens (tertiary/aromatic N) is 7. The lowest BCUT2D eigenvalue weighted by Gasteiger charge is -2.07. The van der Waals surface area contributed by atoms with Crippen LogP contribution in [0.2, 0.25) is 5.02 Å². The van der Waals surface area contributed by atoms with Crippen LogP contribution < -0.4 is 11.3 Å². The van der Waals surface area contributed by atoms with E-state index in [0.717, 1.165) is 5.69 Å². The van der Waals surface area contributed by atoms with Gasteiger partial charge in [0, 0.05) is 12.4 Å². The topological polar surface area (TPSA) is 112 Å². The zero-order chi connectivity index (χ0) is 15.0. The van der Waals surface area contributed by atoms with E-state index in [-0.39, 0.29) is 5.95 Å². The summed E-state index contributed by atoms with van der Waals surface area (Å²) >= 11 is 6.15. The number of rotatable bonds is 3. The molecule has 108 valence electrons. The molecule has 3 aromatic rings. The molecule has 0 atom stereocenters. The maximum Gasteiger partial charge on any atom is 0.257 e. The monoisotopic (exact) mass is 305 g/mol. The number of aromatic nitrogens is 7. The van der Waals surface area contributed by atoms with Crippen LogP contribution >= 0.6 is 11.6 Å². The molecule has 0 saturated carbocycles. The van der Waals surface area contributed by atoms with Crippen molar-refractivity contribution in [3.8, 4) is 11.9 Å². The summed E-state index contributed by atoms with van der Waals surface area (Å²) in [6, 6.07) is 0. The van der Waals surface area contributed by atoms with Gasteiger partial charge in [-0.3, -0.25) is 9.99 Å². The van der Waals surface area contributed by atoms with Crippen molar-refractivity contribution in [2.24, 2.45) is 5.84 Å². The number of hydrogen-bond acceptors (Lipinski definition) is 7. The molecule has 3 N–H and O–H groups in total. The van der Waals surface area contributed by atoms with Gasteiger partial charge in [0.05, 0.1) is 16.4 Å². The third kappa shape index (κ3) is 2.32. The number of aryl methyl sites for hydroxylation is 1. The predicted octanol–water partition coefficient (Wildman–Crippen LogP) is 0.799. The van der Waals surface area contributed by atoms with E-state index in [1.807, 2.05) is 13.8 Å². The molecule has 0 aliphatic rings. The summed E-state index contributed by atoms with van der Waals surface area (Å²) in [7, 11) is 0. The van der Waals surface area contributed by atoms with Gasteiger partial charge in [0.25, 0.3) is 5.95 Å². The second-order valence-electron chi connectivity index (χ2n) is 4.27. The number of halogens is 1. The number of nitrogens with one attached hydrogen (secondary N) is 1. The molecule has 0 radical (unpaired) electrons. The fourth-order valence-corrected chi connectivity index (χ4v) is 1.94. The summed E-state index contributed by atoms with van der Waals surface area (Å²) in [5, 5.41) is 4.89. The van der Waals surface area contributed by atoms with Crippen molar-refractivity contribution in [3.05, 3.63) is 35.1 Å². The molecule has 0 aliphatic heterocycles. The molecule has 21 heavy (non-hydrogen) atoms.